The van der Waals surface area contributed by atoms with Crippen molar-refractivity contribution in [3.63, 3.8) is 0 Å². The fraction of sp³-hybridized carbons (Fsp3) is 0.467. The number of carbonyl (C=O) groups excluding carboxylic acids is 1. The van der Waals surface area contributed by atoms with Gasteiger partial charge in [-0.25, -0.2) is 4.68 Å². The Kier molecular flexibility index (Phi) is 2.88. The van der Waals surface area contributed by atoms with Gasteiger partial charge in [0.1, 0.15) is 5.56 Å². The monoisotopic (exact) mass is 299 g/mol. The van der Waals surface area contributed by atoms with Crippen LogP contribution in [0.2, 0.25) is 0 Å². The minimum absolute atomic E-state index is 0.163. The molecule has 2 aromatic heterocycles. The summed E-state index contributed by atoms with van der Waals surface area (Å²) in [5, 5.41) is 8.35. The highest BCUT2D eigenvalue weighted by molar-refractivity contribution is 5.94. The molecule has 2 aliphatic rings. The van der Waals surface area contributed by atoms with Gasteiger partial charge in [-0.2, -0.15) is 0 Å². The molecule has 1 amide bonds. The maximum absolute atomic E-state index is 12.4. The van der Waals surface area contributed by atoms with E-state index in [1.165, 1.54) is 17.4 Å². The van der Waals surface area contributed by atoms with Gasteiger partial charge in [0.25, 0.3) is 11.5 Å². The van der Waals surface area contributed by atoms with E-state index in [0.29, 0.717) is 19.0 Å². The summed E-state index contributed by atoms with van der Waals surface area (Å²) in [6.45, 7) is 1.15. The number of aromatic nitrogens is 4. The molecular formula is C15H17N5O2. The van der Waals surface area contributed by atoms with Gasteiger partial charge in [-0.1, -0.05) is 5.21 Å². The molecule has 7 nitrogen and oxygen atoms in total. The summed E-state index contributed by atoms with van der Waals surface area (Å²) in [6, 6.07) is 3.46. The normalized spacial score (nSPS) is 18.3. The molecule has 0 unspecified atom stereocenters. The average Bonchev–Trinajstić information content (AvgIpc) is 3.20. The Balaban J connectivity index is 1.44. The molecule has 2 fully saturated rings. The third-order valence-corrected chi connectivity index (χ3v) is 4.40. The van der Waals surface area contributed by atoms with Crippen molar-refractivity contribution in [2.45, 2.75) is 24.8 Å². The van der Waals surface area contributed by atoms with Crippen LogP contribution in [0.25, 0.3) is 0 Å². The summed E-state index contributed by atoms with van der Waals surface area (Å²) in [4.78, 5) is 26.0. The molecule has 0 bridgehead atoms. The molecule has 7 heteroatoms. The van der Waals surface area contributed by atoms with E-state index >= 15 is 0 Å². The van der Waals surface area contributed by atoms with Crippen LogP contribution in [0, 0.1) is 0 Å². The second-order valence-corrected chi connectivity index (χ2v) is 6.10. The Morgan fingerprint density at radius 3 is 2.82 bits per heavy atom. The summed E-state index contributed by atoms with van der Waals surface area (Å²) < 4.78 is 3.27. The molecule has 0 N–H and O–H groups in total. The molecule has 1 aliphatic carbocycles. The van der Waals surface area contributed by atoms with Crippen LogP contribution in [0.15, 0.2) is 29.3 Å². The number of amides is 1. The van der Waals surface area contributed by atoms with Gasteiger partial charge in [0, 0.05) is 38.4 Å². The van der Waals surface area contributed by atoms with Crippen molar-refractivity contribution < 1.29 is 4.79 Å². The molecule has 114 valence electrons. The van der Waals surface area contributed by atoms with Crippen molar-refractivity contribution in [3.8, 4) is 0 Å². The zero-order valence-corrected chi connectivity index (χ0v) is 12.3. The quantitative estimate of drug-likeness (QED) is 0.829. The second-order valence-electron chi connectivity index (χ2n) is 6.10. The number of hydrogen-bond acceptors (Lipinski definition) is 4. The molecule has 1 saturated heterocycles. The Labute approximate surface area is 127 Å². The van der Waals surface area contributed by atoms with Gasteiger partial charge in [-0.05, 0) is 25.0 Å². The van der Waals surface area contributed by atoms with Crippen LogP contribution < -0.4 is 5.56 Å². The Bertz CT molecular complexity index is 783. The van der Waals surface area contributed by atoms with Crippen molar-refractivity contribution in [2.75, 3.05) is 13.1 Å². The molecule has 0 radical (unpaired) electrons. The van der Waals surface area contributed by atoms with E-state index in [-0.39, 0.29) is 23.1 Å². The Morgan fingerprint density at radius 1 is 1.32 bits per heavy atom. The maximum Gasteiger partial charge on any atom is 0.263 e. The molecule has 0 aromatic carbocycles. The number of pyridine rings is 1. The smallest absolute Gasteiger partial charge is 0.263 e. The van der Waals surface area contributed by atoms with E-state index in [4.69, 9.17) is 0 Å². The van der Waals surface area contributed by atoms with E-state index in [2.05, 4.69) is 10.3 Å². The number of likely N-dealkylation sites (tertiary alicyclic amines) is 1. The van der Waals surface area contributed by atoms with Crippen LogP contribution in [-0.4, -0.2) is 43.5 Å². The SMILES string of the molecule is Cn1cccc(C(=O)N2CC(n3cc(C4CC4)nn3)C2)c1=O. The molecular weight excluding hydrogens is 282 g/mol. The first-order valence-electron chi connectivity index (χ1n) is 7.50. The third-order valence-electron chi connectivity index (χ3n) is 4.40. The Hall–Kier alpha value is -2.44. The lowest BCUT2D eigenvalue weighted by Gasteiger charge is -2.38. The molecule has 3 heterocycles. The van der Waals surface area contributed by atoms with Crippen molar-refractivity contribution in [2.24, 2.45) is 7.05 Å². The van der Waals surface area contributed by atoms with Crippen LogP contribution in [0.4, 0.5) is 0 Å². The number of carbonyl (C=O) groups is 1. The number of rotatable bonds is 3. The summed E-state index contributed by atoms with van der Waals surface area (Å²) in [5.74, 6) is 0.374. The minimum atomic E-state index is -0.257. The van der Waals surface area contributed by atoms with E-state index in [1.807, 2.05) is 10.9 Å². The standard InChI is InChI=1S/C15H17N5O2/c1-18-6-2-3-12(14(18)21)15(22)19-7-11(8-19)20-9-13(16-17-20)10-4-5-10/h2-3,6,9-11H,4-5,7-8H2,1H3. The van der Waals surface area contributed by atoms with Crippen molar-refractivity contribution in [3.05, 3.63) is 46.1 Å². The van der Waals surface area contributed by atoms with Gasteiger partial charge >= 0.3 is 0 Å². The molecule has 1 saturated carbocycles. The van der Waals surface area contributed by atoms with Crippen LogP contribution in [0.5, 0.6) is 0 Å². The Morgan fingerprint density at radius 2 is 2.09 bits per heavy atom. The van der Waals surface area contributed by atoms with Crippen LogP contribution in [0.1, 0.15) is 40.9 Å². The lowest BCUT2D eigenvalue weighted by Crippen LogP contribution is -2.52. The topological polar surface area (TPSA) is 73.0 Å². The van der Waals surface area contributed by atoms with E-state index in [9.17, 15) is 9.59 Å². The van der Waals surface area contributed by atoms with Gasteiger partial charge in [-0.3, -0.25) is 9.59 Å². The average molecular weight is 299 g/mol. The fourth-order valence-corrected chi connectivity index (χ4v) is 2.75. The molecule has 0 spiro atoms. The molecule has 22 heavy (non-hydrogen) atoms. The number of aryl methyl sites for hydroxylation is 1. The van der Waals surface area contributed by atoms with Gasteiger partial charge in [-0.15, -0.1) is 5.10 Å². The highest BCUT2D eigenvalue weighted by Crippen LogP contribution is 2.39. The predicted octanol–water partition coefficient (Wildman–Crippen LogP) is 0.551. The van der Waals surface area contributed by atoms with Crippen molar-refractivity contribution in [1.82, 2.24) is 24.5 Å². The van der Waals surface area contributed by atoms with Gasteiger partial charge in [0.05, 0.1) is 11.7 Å². The number of hydrogen-bond donors (Lipinski definition) is 0. The third kappa shape index (κ3) is 2.13. The summed E-state index contributed by atoms with van der Waals surface area (Å²) in [6.07, 6.45) is 6.04. The summed E-state index contributed by atoms with van der Waals surface area (Å²) in [7, 11) is 1.65. The molecule has 0 atom stereocenters. The van der Waals surface area contributed by atoms with Gasteiger partial charge in [0.2, 0.25) is 0 Å². The largest absolute Gasteiger partial charge is 0.334 e. The van der Waals surface area contributed by atoms with E-state index in [0.717, 1.165) is 5.69 Å². The van der Waals surface area contributed by atoms with Crippen LogP contribution in [0.3, 0.4) is 0 Å². The van der Waals surface area contributed by atoms with Gasteiger partial charge in [0.15, 0.2) is 0 Å². The highest BCUT2D eigenvalue weighted by Gasteiger charge is 2.35. The molecule has 1 aliphatic heterocycles. The fourth-order valence-electron chi connectivity index (χ4n) is 2.75. The van der Waals surface area contributed by atoms with Crippen LogP contribution >= 0.6 is 0 Å². The predicted molar refractivity (Wildman–Crippen MR) is 78.6 cm³/mol. The van der Waals surface area contributed by atoms with Crippen LogP contribution in [-0.2, 0) is 7.05 Å². The molecule has 2 aromatic rings. The van der Waals surface area contributed by atoms with Crippen molar-refractivity contribution in [1.29, 1.82) is 0 Å². The van der Waals surface area contributed by atoms with Crippen molar-refractivity contribution >= 4 is 5.91 Å². The maximum atomic E-state index is 12.4. The van der Waals surface area contributed by atoms with E-state index in [1.54, 1.807) is 30.3 Å². The second kappa shape index (κ2) is 4.79. The first kappa shape index (κ1) is 13.2. The lowest BCUT2D eigenvalue weighted by atomic mass is 10.1. The zero-order valence-electron chi connectivity index (χ0n) is 12.3. The first-order chi connectivity index (χ1) is 10.6. The lowest BCUT2D eigenvalue weighted by molar-refractivity contribution is 0.0496. The summed E-state index contributed by atoms with van der Waals surface area (Å²) in [5.41, 5.74) is 1.02. The minimum Gasteiger partial charge on any atom is -0.334 e. The highest BCUT2D eigenvalue weighted by atomic mass is 16.2. The first-order valence-corrected chi connectivity index (χ1v) is 7.50. The molecule has 4 rings (SSSR count). The zero-order chi connectivity index (χ0) is 15.3. The van der Waals surface area contributed by atoms with E-state index < -0.39 is 0 Å². The van der Waals surface area contributed by atoms with Gasteiger partial charge < -0.3 is 9.47 Å². The summed E-state index contributed by atoms with van der Waals surface area (Å²) >= 11 is 0. The number of nitrogens with zero attached hydrogens (tertiary/aromatic N) is 5.